The number of amides is 1. The number of ether oxygens (including phenoxy) is 2. The molecule has 134 valence electrons. The molecule has 1 amide bonds. The number of hydrogen-bond acceptors (Lipinski definition) is 5. The van der Waals surface area contributed by atoms with Crippen LogP contribution in [-0.4, -0.2) is 38.7 Å². The Morgan fingerprint density at radius 1 is 1.20 bits per heavy atom. The Kier molecular flexibility index (Phi) is 6.62. The molecule has 1 heterocycles. The number of hydrogen-bond donors (Lipinski definition) is 1. The first kappa shape index (κ1) is 18.6. The number of rotatable bonds is 8. The average Bonchev–Trinajstić information content (AvgIpc) is 2.66. The minimum Gasteiger partial charge on any atom is -0.497 e. The molecule has 0 saturated carbocycles. The third kappa shape index (κ3) is 4.86. The highest BCUT2D eigenvalue weighted by Crippen LogP contribution is 2.29. The molecule has 0 unspecified atom stereocenters. The molecule has 1 aromatic carbocycles. The van der Waals surface area contributed by atoms with Gasteiger partial charge < -0.3 is 19.7 Å². The summed E-state index contributed by atoms with van der Waals surface area (Å²) in [7, 11) is 5.12. The Labute approximate surface area is 148 Å². The van der Waals surface area contributed by atoms with E-state index < -0.39 is 0 Å². The van der Waals surface area contributed by atoms with Gasteiger partial charge in [-0.25, -0.2) is 4.98 Å². The summed E-state index contributed by atoms with van der Waals surface area (Å²) in [5, 5.41) is 2.87. The Morgan fingerprint density at radius 3 is 2.68 bits per heavy atom. The number of methoxy groups -OCH3 is 2. The molecule has 0 atom stereocenters. The van der Waals surface area contributed by atoms with E-state index >= 15 is 0 Å². The molecule has 0 aliphatic carbocycles. The largest absolute Gasteiger partial charge is 0.497 e. The summed E-state index contributed by atoms with van der Waals surface area (Å²) >= 11 is 0. The number of carbonyl (C=O) groups excluding carboxylic acids is 1. The molecular formula is C19H25N3O3. The molecule has 1 N–H and O–H groups in total. The van der Waals surface area contributed by atoms with Crippen molar-refractivity contribution in [3.05, 3.63) is 42.1 Å². The van der Waals surface area contributed by atoms with Gasteiger partial charge in [-0.15, -0.1) is 0 Å². The summed E-state index contributed by atoms with van der Waals surface area (Å²) in [5.41, 5.74) is 1.14. The van der Waals surface area contributed by atoms with Crippen molar-refractivity contribution in [2.75, 3.05) is 38.0 Å². The van der Waals surface area contributed by atoms with Gasteiger partial charge in [-0.1, -0.05) is 13.3 Å². The molecule has 0 fully saturated rings. The van der Waals surface area contributed by atoms with Crippen LogP contribution in [-0.2, 0) is 0 Å². The molecule has 0 aliphatic rings. The highest BCUT2D eigenvalue weighted by molar-refractivity contribution is 6.05. The molecule has 0 bridgehead atoms. The maximum Gasteiger partial charge on any atom is 0.255 e. The fourth-order valence-corrected chi connectivity index (χ4v) is 2.37. The number of aromatic nitrogens is 1. The van der Waals surface area contributed by atoms with Crippen LogP contribution in [0, 0.1) is 0 Å². The van der Waals surface area contributed by atoms with E-state index in [2.05, 4.69) is 17.2 Å². The van der Waals surface area contributed by atoms with Gasteiger partial charge >= 0.3 is 0 Å². The standard InChI is InChI=1S/C19H25N3O3/c1-5-6-11-22(2)18-12-14(9-10-20-18)19(23)21-16-8-7-15(24-3)13-17(16)25-4/h7-10,12-13H,5-6,11H2,1-4H3,(H,21,23). The van der Waals surface area contributed by atoms with Gasteiger partial charge in [0, 0.05) is 31.4 Å². The fraction of sp³-hybridized carbons (Fsp3) is 0.368. The second-order valence-corrected chi connectivity index (χ2v) is 5.70. The molecule has 2 aromatic rings. The van der Waals surface area contributed by atoms with Gasteiger partial charge in [0.1, 0.15) is 17.3 Å². The normalized spacial score (nSPS) is 10.2. The van der Waals surface area contributed by atoms with Gasteiger partial charge in [0.25, 0.3) is 5.91 Å². The van der Waals surface area contributed by atoms with Crippen molar-refractivity contribution in [1.29, 1.82) is 0 Å². The molecule has 6 heteroatoms. The second-order valence-electron chi connectivity index (χ2n) is 5.70. The summed E-state index contributed by atoms with van der Waals surface area (Å²) in [6.07, 6.45) is 3.84. The van der Waals surface area contributed by atoms with Crippen LogP contribution in [0.2, 0.25) is 0 Å². The Bertz CT molecular complexity index is 719. The maximum atomic E-state index is 12.6. The molecule has 0 spiro atoms. The van der Waals surface area contributed by atoms with Crippen LogP contribution < -0.4 is 19.7 Å². The van der Waals surface area contributed by atoms with Gasteiger partial charge in [0.05, 0.1) is 19.9 Å². The van der Waals surface area contributed by atoms with Crippen molar-refractivity contribution in [1.82, 2.24) is 4.98 Å². The van der Waals surface area contributed by atoms with Crippen LogP contribution in [0.3, 0.4) is 0 Å². The van der Waals surface area contributed by atoms with Gasteiger partial charge in [-0.3, -0.25) is 4.79 Å². The lowest BCUT2D eigenvalue weighted by Gasteiger charge is -2.18. The second kappa shape index (κ2) is 8.92. The van der Waals surface area contributed by atoms with E-state index in [-0.39, 0.29) is 5.91 Å². The van der Waals surface area contributed by atoms with Crippen molar-refractivity contribution in [3.63, 3.8) is 0 Å². The Balaban J connectivity index is 2.16. The molecule has 1 aromatic heterocycles. The molecule has 6 nitrogen and oxygen atoms in total. The van der Waals surface area contributed by atoms with Crippen molar-refractivity contribution >= 4 is 17.4 Å². The van der Waals surface area contributed by atoms with Crippen LogP contribution in [0.25, 0.3) is 0 Å². The smallest absolute Gasteiger partial charge is 0.255 e. The van der Waals surface area contributed by atoms with Gasteiger partial charge in [-0.2, -0.15) is 0 Å². The first-order valence-corrected chi connectivity index (χ1v) is 8.29. The van der Waals surface area contributed by atoms with Crippen LogP contribution in [0.4, 0.5) is 11.5 Å². The number of unbranched alkanes of at least 4 members (excludes halogenated alkanes) is 1. The molecule has 25 heavy (non-hydrogen) atoms. The minimum absolute atomic E-state index is 0.212. The van der Waals surface area contributed by atoms with E-state index in [4.69, 9.17) is 9.47 Å². The Morgan fingerprint density at radius 2 is 2.00 bits per heavy atom. The molecule has 0 radical (unpaired) electrons. The number of nitrogens with zero attached hydrogens (tertiary/aromatic N) is 2. The SMILES string of the molecule is CCCCN(C)c1cc(C(=O)Nc2ccc(OC)cc2OC)ccn1. The minimum atomic E-state index is -0.212. The van der Waals surface area contributed by atoms with E-state index in [1.54, 1.807) is 50.7 Å². The van der Waals surface area contributed by atoms with E-state index in [0.29, 0.717) is 22.7 Å². The van der Waals surface area contributed by atoms with E-state index in [9.17, 15) is 4.79 Å². The first-order valence-electron chi connectivity index (χ1n) is 8.29. The maximum absolute atomic E-state index is 12.6. The zero-order valence-electron chi connectivity index (χ0n) is 15.2. The predicted molar refractivity (Wildman–Crippen MR) is 99.9 cm³/mol. The topological polar surface area (TPSA) is 63.7 Å². The van der Waals surface area contributed by atoms with E-state index in [1.165, 1.54) is 0 Å². The first-order chi connectivity index (χ1) is 12.1. The third-order valence-electron chi connectivity index (χ3n) is 3.90. The molecular weight excluding hydrogens is 318 g/mol. The van der Waals surface area contributed by atoms with Crippen molar-refractivity contribution in [2.45, 2.75) is 19.8 Å². The highest BCUT2D eigenvalue weighted by Gasteiger charge is 2.12. The number of pyridine rings is 1. The predicted octanol–water partition coefficient (Wildman–Crippen LogP) is 3.59. The number of carbonyl (C=O) groups is 1. The van der Waals surface area contributed by atoms with Gasteiger partial charge in [0.2, 0.25) is 0 Å². The van der Waals surface area contributed by atoms with Crippen LogP contribution >= 0.6 is 0 Å². The van der Waals surface area contributed by atoms with Gasteiger partial charge in [0.15, 0.2) is 0 Å². The van der Waals surface area contributed by atoms with Crippen LogP contribution in [0.5, 0.6) is 11.5 Å². The van der Waals surface area contributed by atoms with E-state index in [0.717, 1.165) is 25.2 Å². The summed E-state index contributed by atoms with van der Waals surface area (Å²) in [6, 6.07) is 8.75. The fourth-order valence-electron chi connectivity index (χ4n) is 2.37. The van der Waals surface area contributed by atoms with Crippen molar-refractivity contribution in [2.24, 2.45) is 0 Å². The summed E-state index contributed by atoms with van der Waals surface area (Å²) < 4.78 is 10.5. The number of anilines is 2. The average molecular weight is 343 g/mol. The molecule has 0 saturated heterocycles. The van der Waals surface area contributed by atoms with Crippen molar-refractivity contribution in [3.8, 4) is 11.5 Å². The lowest BCUT2D eigenvalue weighted by Crippen LogP contribution is -2.20. The van der Waals surface area contributed by atoms with Crippen molar-refractivity contribution < 1.29 is 14.3 Å². The lowest BCUT2D eigenvalue weighted by atomic mass is 10.2. The van der Waals surface area contributed by atoms with Crippen LogP contribution in [0.1, 0.15) is 30.1 Å². The number of nitrogens with one attached hydrogen (secondary N) is 1. The zero-order valence-corrected chi connectivity index (χ0v) is 15.2. The third-order valence-corrected chi connectivity index (χ3v) is 3.90. The molecule has 2 rings (SSSR count). The monoisotopic (exact) mass is 343 g/mol. The summed E-state index contributed by atoms with van der Waals surface area (Å²) in [4.78, 5) is 19.0. The summed E-state index contributed by atoms with van der Waals surface area (Å²) in [6.45, 7) is 3.05. The quantitative estimate of drug-likeness (QED) is 0.793. The van der Waals surface area contributed by atoms with Gasteiger partial charge in [-0.05, 0) is 30.7 Å². The highest BCUT2D eigenvalue weighted by atomic mass is 16.5. The zero-order chi connectivity index (χ0) is 18.2. The summed E-state index contributed by atoms with van der Waals surface area (Å²) in [5.74, 6) is 1.78. The molecule has 0 aliphatic heterocycles. The number of benzene rings is 1. The van der Waals surface area contributed by atoms with E-state index in [1.807, 2.05) is 11.9 Å². The Hall–Kier alpha value is -2.76. The van der Waals surface area contributed by atoms with Crippen LogP contribution in [0.15, 0.2) is 36.5 Å². The lowest BCUT2D eigenvalue weighted by molar-refractivity contribution is 0.102.